The van der Waals surface area contributed by atoms with Crippen molar-refractivity contribution in [1.82, 2.24) is 4.98 Å². The lowest BCUT2D eigenvalue weighted by Gasteiger charge is -2.11. The Morgan fingerprint density at radius 2 is 2.44 bits per heavy atom. The van der Waals surface area contributed by atoms with Crippen LogP contribution in [-0.2, 0) is 4.74 Å². The van der Waals surface area contributed by atoms with Gasteiger partial charge in [0.2, 0.25) is 5.82 Å². The summed E-state index contributed by atoms with van der Waals surface area (Å²) >= 11 is 0. The summed E-state index contributed by atoms with van der Waals surface area (Å²) in [5, 5.41) is 13.6. The summed E-state index contributed by atoms with van der Waals surface area (Å²) in [7, 11) is 0. The highest BCUT2D eigenvalue weighted by Crippen LogP contribution is 2.21. The maximum Gasteiger partial charge on any atom is 0.311 e. The minimum absolute atomic E-state index is 0.0751. The monoisotopic (exact) mass is 224 g/mol. The average molecular weight is 224 g/mol. The summed E-state index contributed by atoms with van der Waals surface area (Å²) < 4.78 is 5.19. The summed E-state index contributed by atoms with van der Waals surface area (Å²) in [4.78, 5) is 13.9. The summed E-state index contributed by atoms with van der Waals surface area (Å²) in [6, 6.07) is 3.10. The highest BCUT2D eigenvalue weighted by atomic mass is 16.6. The van der Waals surface area contributed by atoms with E-state index in [1.807, 2.05) is 0 Å². The molecule has 7 heteroatoms. The third kappa shape index (κ3) is 2.19. The highest BCUT2D eigenvalue weighted by molar-refractivity contribution is 5.57. The first-order valence-electron chi connectivity index (χ1n) is 4.92. The predicted octanol–water partition coefficient (Wildman–Crippen LogP) is 0.773. The molecule has 0 amide bonds. The van der Waals surface area contributed by atoms with Gasteiger partial charge in [-0.1, -0.05) is 0 Å². The number of anilines is 2. The van der Waals surface area contributed by atoms with Crippen molar-refractivity contribution in [2.24, 2.45) is 0 Å². The van der Waals surface area contributed by atoms with Gasteiger partial charge >= 0.3 is 5.69 Å². The SMILES string of the molecule is Nc1nc(NC2CCOC2)ccc1[N+](=O)[O-]. The van der Waals surface area contributed by atoms with Gasteiger partial charge in [0.1, 0.15) is 5.82 Å². The fraction of sp³-hybridized carbons (Fsp3) is 0.444. The Hall–Kier alpha value is -1.89. The molecule has 1 unspecified atom stereocenters. The van der Waals surface area contributed by atoms with E-state index in [-0.39, 0.29) is 17.5 Å². The van der Waals surface area contributed by atoms with E-state index < -0.39 is 4.92 Å². The molecule has 0 radical (unpaired) electrons. The van der Waals surface area contributed by atoms with Gasteiger partial charge in [-0.3, -0.25) is 10.1 Å². The van der Waals surface area contributed by atoms with Crippen LogP contribution in [0.2, 0.25) is 0 Å². The number of nitrogens with two attached hydrogens (primary N) is 1. The van der Waals surface area contributed by atoms with Crippen molar-refractivity contribution in [2.75, 3.05) is 24.3 Å². The number of nitrogen functional groups attached to an aromatic ring is 1. The van der Waals surface area contributed by atoms with Gasteiger partial charge in [0.05, 0.1) is 17.6 Å². The summed E-state index contributed by atoms with van der Waals surface area (Å²) in [6.45, 7) is 1.35. The second-order valence-electron chi connectivity index (χ2n) is 3.56. The molecule has 0 bridgehead atoms. The molecule has 1 saturated heterocycles. The Balaban J connectivity index is 2.11. The Labute approximate surface area is 91.8 Å². The Morgan fingerprint density at radius 1 is 1.62 bits per heavy atom. The van der Waals surface area contributed by atoms with Gasteiger partial charge in [0.15, 0.2) is 0 Å². The zero-order chi connectivity index (χ0) is 11.5. The topological polar surface area (TPSA) is 103 Å². The van der Waals surface area contributed by atoms with E-state index in [0.29, 0.717) is 12.4 Å². The van der Waals surface area contributed by atoms with Crippen molar-refractivity contribution < 1.29 is 9.66 Å². The number of hydrogen-bond acceptors (Lipinski definition) is 6. The molecule has 0 spiro atoms. The van der Waals surface area contributed by atoms with Crippen molar-refractivity contribution in [3.05, 3.63) is 22.2 Å². The van der Waals surface area contributed by atoms with Crippen LogP contribution in [0, 0.1) is 10.1 Å². The molecular weight excluding hydrogens is 212 g/mol. The van der Waals surface area contributed by atoms with Crippen LogP contribution >= 0.6 is 0 Å². The molecule has 1 aliphatic rings. The second kappa shape index (κ2) is 4.31. The van der Waals surface area contributed by atoms with Crippen molar-refractivity contribution in [3.8, 4) is 0 Å². The van der Waals surface area contributed by atoms with Crippen molar-refractivity contribution in [1.29, 1.82) is 0 Å². The number of ether oxygens (including phenoxy) is 1. The number of nitrogens with zero attached hydrogens (tertiary/aromatic N) is 2. The van der Waals surface area contributed by atoms with E-state index in [0.717, 1.165) is 13.0 Å². The molecule has 0 saturated carbocycles. The summed E-state index contributed by atoms with van der Waals surface area (Å²) in [5.74, 6) is 0.465. The predicted molar refractivity (Wildman–Crippen MR) is 58.2 cm³/mol. The lowest BCUT2D eigenvalue weighted by atomic mass is 10.2. The number of nitrogens with one attached hydrogen (secondary N) is 1. The first kappa shape index (κ1) is 10.6. The van der Waals surface area contributed by atoms with Crippen LogP contribution in [0.3, 0.4) is 0 Å². The van der Waals surface area contributed by atoms with E-state index in [1.165, 1.54) is 6.07 Å². The number of nitro groups is 1. The maximum atomic E-state index is 10.5. The molecule has 1 aromatic rings. The third-order valence-electron chi connectivity index (χ3n) is 2.38. The van der Waals surface area contributed by atoms with Gasteiger partial charge in [0, 0.05) is 12.7 Å². The molecule has 86 valence electrons. The quantitative estimate of drug-likeness (QED) is 0.580. The molecule has 1 atom stereocenters. The summed E-state index contributed by atoms with van der Waals surface area (Å²) in [5.41, 5.74) is 5.30. The van der Waals surface area contributed by atoms with Gasteiger partial charge in [-0.25, -0.2) is 4.98 Å². The number of aromatic nitrogens is 1. The standard InChI is InChI=1S/C9H12N4O3/c10-9-7(13(14)15)1-2-8(12-9)11-6-3-4-16-5-6/h1-2,6H,3-5H2,(H3,10,11,12). The molecule has 0 aliphatic carbocycles. The fourth-order valence-electron chi connectivity index (χ4n) is 1.56. The smallest absolute Gasteiger partial charge is 0.311 e. The Kier molecular flexibility index (Phi) is 2.86. The van der Waals surface area contributed by atoms with E-state index in [1.54, 1.807) is 6.07 Å². The molecule has 1 aromatic heterocycles. The zero-order valence-corrected chi connectivity index (χ0v) is 8.55. The fourth-order valence-corrected chi connectivity index (χ4v) is 1.56. The van der Waals surface area contributed by atoms with Crippen LogP contribution in [-0.4, -0.2) is 29.2 Å². The number of rotatable bonds is 3. The minimum atomic E-state index is -0.551. The van der Waals surface area contributed by atoms with Crippen LogP contribution in [0.25, 0.3) is 0 Å². The highest BCUT2D eigenvalue weighted by Gasteiger charge is 2.17. The van der Waals surface area contributed by atoms with Gasteiger partial charge < -0.3 is 15.8 Å². The van der Waals surface area contributed by atoms with Crippen LogP contribution in [0.5, 0.6) is 0 Å². The van der Waals surface area contributed by atoms with E-state index in [4.69, 9.17) is 10.5 Å². The Morgan fingerprint density at radius 3 is 3.00 bits per heavy atom. The van der Waals surface area contributed by atoms with Crippen molar-refractivity contribution >= 4 is 17.3 Å². The zero-order valence-electron chi connectivity index (χ0n) is 8.55. The largest absolute Gasteiger partial charge is 0.379 e. The van der Waals surface area contributed by atoms with E-state index in [2.05, 4.69) is 10.3 Å². The normalized spacial score (nSPS) is 19.6. The van der Waals surface area contributed by atoms with Gasteiger partial charge in [0.25, 0.3) is 0 Å². The molecule has 2 heterocycles. The van der Waals surface area contributed by atoms with E-state index in [9.17, 15) is 10.1 Å². The van der Waals surface area contributed by atoms with Crippen LogP contribution in [0.4, 0.5) is 17.3 Å². The molecule has 0 aromatic carbocycles. The van der Waals surface area contributed by atoms with Gasteiger partial charge in [-0.2, -0.15) is 0 Å². The van der Waals surface area contributed by atoms with E-state index >= 15 is 0 Å². The molecule has 16 heavy (non-hydrogen) atoms. The van der Waals surface area contributed by atoms with Gasteiger partial charge in [-0.05, 0) is 12.5 Å². The maximum absolute atomic E-state index is 10.5. The molecule has 7 nitrogen and oxygen atoms in total. The van der Waals surface area contributed by atoms with Crippen molar-refractivity contribution in [2.45, 2.75) is 12.5 Å². The van der Waals surface area contributed by atoms with Crippen LogP contribution < -0.4 is 11.1 Å². The molecular formula is C9H12N4O3. The lowest BCUT2D eigenvalue weighted by molar-refractivity contribution is -0.384. The molecule has 1 fully saturated rings. The second-order valence-corrected chi connectivity index (χ2v) is 3.56. The molecule has 1 aliphatic heterocycles. The minimum Gasteiger partial charge on any atom is -0.379 e. The lowest BCUT2D eigenvalue weighted by Crippen LogP contribution is -2.19. The first-order valence-corrected chi connectivity index (χ1v) is 4.92. The molecule has 2 rings (SSSR count). The first-order chi connectivity index (χ1) is 7.66. The average Bonchev–Trinajstić information content (AvgIpc) is 2.70. The van der Waals surface area contributed by atoms with Crippen LogP contribution in [0.15, 0.2) is 12.1 Å². The number of pyridine rings is 1. The van der Waals surface area contributed by atoms with Crippen LogP contribution in [0.1, 0.15) is 6.42 Å². The summed E-state index contributed by atoms with van der Waals surface area (Å²) in [6.07, 6.45) is 0.901. The molecule has 3 N–H and O–H groups in total. The van der Waals surface area contributed by atoms with Crippen molar-refractivity contribution in [3.63, 3.8) is 0 Å². The Bertz CT molecular complexity index is 404. The third-order valence-corrected chi connectivity index (χ3v) is 2.38. The number of hydrogen-bond donors (Lipinski definition) is 2. The van der Waals surface area contributed by atoms with Gasteiger partial charge in [-0.15, -0.1) is 0 Å².